The number of amides is 1. The number of carbonyl (C=O) groups excluding carboxylic acids is 1. The molecule has 3 heterocycles. The summed E-state index contributed by atoms with van der Waals surface area (Å²) >= 11 is 1.42. The summed E-state index contributed by atoms with van der Waals surface area (Å²) in [5, 5.41) is 7.89. The van der Waals surface area contributed by atoms with E-state index in [1.54, 1.807) is 17.1 Å². The Labute approximate surface area is 166 Å². The number of hydrogen-bond donors (Lipinski definition) is 1. The van der Waals surface area contributed by atoms with Crippen LogP contribution in [0, 0.1) is 6.92 Å². The summed E-state index contributed by atoms with van der Waals surface area (Å²) in [5.74, 6) is 0.626. The van der Waals surface area contributed by atoms with E-state index < -0.39 is 0 Å². The Kier molecular flexibility index (Phi) is 4.79. The molecule has 0 atom stereocenters. The Morgan fingerprint density at radius 2 is 2.04 bits per heavy atom. The number of nitrogens with one attached hydrogen (secondary N) is 1. The first-order valence-corrected chi connectivity index (χ1v) is 9.79. The van der Waals surface area contributed by atoms with Crippen molar-refractivity contribution in [1.82, 2.24) is 24.3 Å². The van der Waals surface area contributed by atoms with Gasteiger partial charge in [0.05, 0.1) is 33.7 Å². The molecular formula is C20H20N6OS. The lowest BCUT2D eigenvalue weighted by atomic mass is 10.2. The molecular weight excluding hydrogens is 372 g/mol. The van der Waals surface area contributed by atoms with E-state index in [1.807, 2.05) is 62.0 Å². The molecule has 1 amide bonds. The van der Waals surface area contributed by atoms with Crippen LogP contribution >= 0.6 is 11.3 Å². The van der Waals surface area contributed by atoms with E-state index >= 15 is 0 Å². The number of anilines is 1. The zero-order valence-electron chi connectivity index (χ0n) is 15.9. The molecule has 0 saturated heterocycles. The zero-order valence-corrected chi connectivity index (χ0v) is 16.7. The fourth-order valence-corrected chi connectivity index (χ4v) is 4.10. The summed E-state index contributed by atoms with van der Waals surface area (Å²) in [5.41, 5.74) is 3.19. The zero-order chi connectivity index (χ0) is 19.7. The molecule has 1 N–H and O–H groups in total. The van der Waals surface area contributed by atoms with Crippen LogP contribution in [0.3, 0.4) is 0 Å². The molecule has 28 heavy (non-hydrogen) atoms. The van der Waals surface area contributed by atoms with Crippen LogP contribution in [0.15, 0.2) is 48.9 Å². The molecule has 142 valence electrons. The van der Waals surface area contributed by atoms with E-state index in [4.69, 9.17) is 0 Å². The summed E-state index contributed by atoms with van der Waals surface area (Å²) < 4.78 is 3.74. The van der Waals surface area contributed by atoms with E-state index in [0.717, 1.165) is 27.8 Å². The van der Waals surface area contributed by atoms with Gasteiger partial charge in [-0.2, -0.15) is 5.10 Å². The second-order valence-corrected chi connectivity index (χ2v) is 7.35. The van der Waals surface area contributed by atoms with Gasteiger partial charge in [-0.3, -0.25) is 10.1 Å². The maximum absolute atomic E-state index is 12.9. The molecule has 3 aromatic heterocycles. The van der Waals surface area contributed by atoms with Gasteiger partial charge in [-0.1, -0.05) is 36.5 Å². The number of aromatic nitrogens is 5. The van der Waals surface area contributed by atoms with Gasteiger partial charge in [0.15, 0.2) is 11.0 Å². The van der Waals surface area contributed by atoms with Crippen LogP contribution in [0.1, 0.15) is 28.7 Å². The molecule has 4 rings (SSSR count). The van der Waals surface area contributed by atoms with Crippen LogP contribution in [-0.2, 0) is 13.5 Å². The molecule has 0 aliphatic carbocycles. The minimum absolute atomic E-state index is 0.209. The third-order valence-corrected chi connectivity index (χ3v) is 5.56. The van der Waals surface area contributed by atoms with Gasteiger partial charge in [0, 0.05) is 19.4 Å². The van der Waals surface area contributed by atoms with Gasteiger partial charge >= 0.3 is 0 Å². The summed E-state index contributed by atoms with van der Waals surface area (Å²) in [6.45, 7) is 3.93. The number of benzene rings is 1. The van der Waals surface area contributed by atoms with Gasteiger partial charge in [0.2, 0.25) is 0 Å². The van der Waals surface area contributed by atoms with E-state index in [9.17, 15) is 4.79 Å². The van der Waals surface area contributed by atoms with Gasteiger partial charge in [0.25, 0.3) is 5.91 Å². The standard InChI is InChI=1S/C20H20N6OS/c1-4-16-15(12-22-26(16)14-8-6-5-7-9-14)19(27)24-20-23-13(2)17(28-20)18-21-10-11-25(18)3/h5-12H,4H2,1-3H3,(H,23,24,27). The fourth-order valence-electron chi connectivity index (χ4n) is 3.10. The maximum Gasteiger partial charge on any atom is 0.260 e. The first-order valence-electron chi connectivity index (χ1n) is 8.97. The lowest BCUT2D eigenvalue weighted by molar-refractivity contribution is 0.102. The van der Waals surface area contributed by atoms with Crippen LogP contribution in [0.2, 0.25) is 0 Å². The molecule has 0 aliphatic rings. The van der Waals surface area contributed by atoms with E-state index in [2.05, 4.69) is 20.4 Å². The summed E-state index contributed by atoms with van der Waals surface area (Å²) in [7, 11) is 1.94. The minimum atomic E-state index is -0.209. The van der Waals surface area contributed by atoms with E-state index in [0.29, 0.717) is 17.1 Å². The number of hydrogen-bond acceptors (Lipinski definition) is 5. The maximum atomic E-state index is 12.9. The van der Waals surface area contributed by atoms with Crippen LogP contribution < -0.4 is 5.32 Å². The molecule has 7 nitrogen and oxygen atoms in total. The lowest BCUT2D eigenvalue weighted by Crippen LogP contribution is -2.14. The van der Waals surface area contributed by atoms with Crippen molar-refractivity contribution in [2.24, 2.45) is 7.05 Å². The summed E-state index contributed by atoms with van der Waals surface area (Å²) in [6, 6.07) is 9.80. The van der Waals surface area contributed by atoms with Crippen LogP contribution in [0.4, 0.5) is 5.13 Å². The Hall–Kier alpha value is -3.26. The first kappa shape index (κ1) is 18.1. The number of rotatable bonds is 5. The molecule has 8 heteroatoms. The molecule has 1 aromatic carbocycles. The van der Waals surface area contributed by atoms with Gasteiger partial charge in [-0.15, -0.1) is 0 Å². The molecule has 0 fully saturated rings. The van der Waals surface area contributed by atoms with Crippen molar-refractivity contribution >= 4 is 22.4 Å². The molecule has 0 aliphatic heterocycles. The van der Waals surface area contributed by atoms with Crippen molar-refractivity contribution in [2.45, 2.75) is 20.3 Å². The second-order valence-electron chi connectivity index (χ2n) is 6.36. The average Bonchev–Trinajstić information content (AvgIpc) is 3.40. The van der Waals surface area contributed by atoms with Crippen LogP contribution in [0.5, 0.6) is 0 Å². The number of thiazole rings is 1. The normalized spacial score (nSPS) is 11.0. The Balaban J connectivity index is 1.62. The largest absolute Gasteiger partial charge is 0.333 e. The van der Waals surface area contributed by atoms with Crippen molar-refractivity contribution in [2.75, 3.05) is 5.32 Å². The van der Waals surface area contributed by atoms with Crippen molar-refractivity contribution in [3.05, 3.63) is 65.9 Å². The van der Waals surface area contributed by atoms with Gasteiger partial charge < -0.3 is 4.57 Å². The van der Waals surface area contributed by atoms with Crippen molar-refractivity contribution in [3.8, 4) is 16.4 Å². The van der Waals surface area contributed by atoms with Gasteiger partial charge in [-0.05, 0) is 25.5 Å². The quantitative estimate of drug-likeness (QED) is 0.560. The number of para-hydroxylation sites is 1. The third-order valence-electron chi connectivity index (χ3n) is 4.49. The minimum Gasteiger partial charge on any atom is -0.333 e. The molecule has 0 saturated carbocycles. The monoisotopic (exact) mass is 392 g/mol. The van der Waals surface area contributed by atoms with Crippen molar-refractivity contribution in [1.29, 1.82) is 0 Å². The molecule has 0 bridgehead atoms. The number of carbonyl (C=O) groups is 1. The van der Waals surface area contributed by atoms with Crippen molar-refractivity contribution < 1.29 is 4.79 Å². The van der Waals surface area contributed by atoms with Gasteiger partial charge in [-0.25, -0.2) is 14.6 Å². The first-order chi connectivity index (χ1) is 13.6. The highest BCUT2D eigenvalue weighted by Crippen LogP contribution is 2.31. The number of aryl methyl sites for hydroxylation is 2. The summed E-state index contributed by atoms with van der Waals surface area (Å²) in [6.07, 6.45) is 5.94. The highest BCUT2D eigenvalue weighted by molar-refractivity contribution is 7.19. The summed E-state index contributed by atoms with van der Waals surface area (Å²) in [4.78, 5) is 22.7. The highest BCUT2D eigenvalue weighted by Gasteiger charge is 2.20. The van der Waals surface area contributed by atoms with Gasteiger partial charge in [0.1, 0.15) is 0 Å². The smallest absolute Gasteiger partial charge is 0.260 e. The van der Waals surface area contributed by atoms with Crippen molar-refractivity contribution in [3.63, 3.8) is 0 Å². The van der Waals surface area contributed by atoms with E-state index in [1.165, 1.54) is 11.3 Å². The Morgan fingerprint density at radius 3 is 2.71 bits per heavy atom. The fraction of sp³-hybridized carbons (Fsp3) is 0.200. The Morgan fingerprint density at radius 1 is 1.25 bits per heavy atom. The average molecular weight is 392 g/mol. The molecule has 0 spiro atoms. The topological polar surface area (TPSA) is 77.6 Å². The predicted molar refractivity (Wildman–Crippen MR) is 110 cm³/mol. The third kappa shape index (κ3) is 3.22. The number of imidazole rings is 1. The van der Waals surface area contributed by atoms with E-state index in [-0.39, 0.29) is 5.91 Å². The molecule has 0 radical (unpaired) electrons. The molecule has 0 unspecified atom stereocenters. The van der Waals surface area contributed by atoms with Crippen LogP contribution in [-0.4, -0.2) is 30.2 Å². The predicted octanol–water partition coefficient (Wildman–Crippen LogP) is 3.85. The SMILES string of the molecule is CCc1c(C(=O)Nc2nc(C)c(-c3nccn3C)s2)cnn1-c1ccccc1. The molecule has 4 aromatic rings. The Bertz CT molecular complexity index is 1120. The highest BCUT2D eigenvalue weighted by atomic mass is 32.1. The van der Waals surface area contributed by atoms with Crippen LogP contribution in [0.25, 0.3) is 16.4 Å². The number of nitrogens with zero attached hydrogens (tertiary/aromatic N) is 5. The lowest BCUT2D eigenvalue weighted by Gasteiger charge is -2.07. The second kappa shape index (κ2) is 7.40.